The van der Waals surface area contributed by atoms with Gasteiger partial charge in [-0.05, 0) is 55.3 Å². The molecule has 2 heterocycles. The predicted molar refractivity (Wildman–Crippen MR) is 111 cm³/mol. The fourth-order valence-electron chi connectivity index (χ4n) is 3.33. The molecule has 0 bridgehead atoms. The van der Waals surface area contributed by atoms with E-state index in [1.165, 1.54) is 52.0 Å². The van der Waals surface area contributed by atoms with Crippen LogP contribution in [0.3, 0.4) is 0 Å². The lowest BCUT2D eigenvalue weighted by Crippen LogP contribution is -2.31. The highest BCUT2D eigenvalue weighted by atomic mass is 32.2. The van der Waals surface area contributed by atoms with Crippen LogP contribution in [0.2, 0.25) is 0 Å². The highest BCUT2D eigenvalue weighted by Crippen LogP contribution is 2.27. The second-order valence-corrected chi connectivity index (χ2v) is 9.90. The molecule has 0 radical (unpaired) electrons. The number of carbonyl (C=O) groups excluding carboxylic acids is 1. The Morgan fingerprint density at radius 1 is 1.03 bits per heavy atom. The Labute approximate surface area is 172 Å². The van der Waals surface area contributed by atoms with Gasteiger partial charge in [-0.3, -0.25) is 10.1 Å². The zero-order valence-corrected chi connectivity index (χ0v) is 17.2. The van der Waals surface area contributed by atoms with Crippen molar-refractivity contribution in [1.29, 1.82) is 0 Å². The first-order chi connectivity index (χ1) is 13.9. The maximum absolute atomic E-state index is 13.3. The van der Waals surface area contributed by atoms with Gasteiger partial charge >= 0.3 is 0 Å². The summed E-state index contributed by atoms with van der Waals surface area (Å²) in [5.74, 6) is -0.761. The number of amides is 1. The number of anilines is 1. The summed E-state index contributed by atoms with van der Waals surface area (Å²) in [5.41, 5.74) is 0.927. The number of carbonyl (C=O) groups is 1. The number of hydrogen-bond donors (Lipinski definition) is 1. The lowest BCUT2D eigenvalue weighted by atomic mass is 10.2. The molecule has 29 heavy (non-hydrogen) atoms. The van der Waals surface area contributed by atoms with Crippen LogP contribution >= 0.6 is 11.3 Å². The van der Waals surface area contributed by atoms with Crippen LogP contribution in [0.1, 0.15) is 36.0 Å². The van der Waals surface area contributed by atoms with Crippen LogP contribution < -0.4 is 5.32 Å². The quantitative estimate of drug-likeness (QED) is 0.667. The van der Waals surface area contributed by atoms with E-state index >= 15 is 0 Å². The third-order valence-corrected chi connectivity index (χ3v) is 7.74. The smallest absolute Gasteiger partial charge is 0.257 e. The summed E-state index contributed by atoms with van der Waals surface area (Å²) in [6, 6.07) is 10.1. The van der Waals surface area contributed by atoms with Crippen molar-refractivity contribution in [2.45, 2.75) is 30.6 Å². The van der Waals surface area contributed by atoms with Gasteiger partial charge in [0, 0.05) is 18.7 Å². The van der Waals surface area contributed by atoms with Gasteiger partial charge in [0.25, 0.3) is 5.91 Å². The number of benzene rings is 2. The molecule has 0 unspecified atom stereocenters. The van der Waals surface area contributed by atoms with E-state index in [0.29, 0.717) is 34.0 Å². The van der Waals surface area contributed by atoms with Gasteiger partial charge in [-0.15, -0.1) is 0 Å². The molecule has 1 N–H and O–H groups in total. The number of nitrogens with one attached hydrogen (secondary N) is 1. The predicted octanol–water partition coefficient (Wildman–Crippen LogP) is 4.25. The van der Waals surface area contributed by atoms with Gasteiger partial charge in [0.05, 0.1) is 15.1 Å². The number of nitrogens with zero attached hydrogens (tertiary/aromatic N) is 2. The Morgan fingerprint density at radius 3 is 2.41 bits per heavy atom. The molecular formula is C20H20FN3O3S2. The molecule has 152 valence electrons. The first-order valence-corrected chi connectivity index (χ1v) is 11.7. The number of sulfonamides is 1. The molecule has 1 aliphatic rings. The maximum atomic E-state index is 13.3. The Hall–Kier alpha value is -2.36. The van der Waals surface area contributed by atoms with Crippen LogP contribution in [-0.2, 0) is 10.0 Å². The third-order valence-electron chi connectivity index (χ3n) is 4.89. The Balaban J connectivity index is 1.49. The summed E-state index contributed by atoms with van der Waals surface area (Å²) in [6.07, 6.45) is 3.82. The molecule has 1 aliphatic heterocycles. The average Bonchev–Trinajstić information content (AvgIpc) is 2.91. The fraction of sp³-hybridized carbons (Fsp3) is 0.300. The molecule has 4 rings (SSSR count). The summed E-state index contributed by atoms with van der Waals surface area (Å²) in [6.45, 7) is 1.06. The standard InChI is InChI=1S/C20H20FN3O3S2/c21-15-7-10-17-18(13-15)28-20(22-17)23-19(25)14-5-8-16(9-6-14)29(26,27)24-11-3-1-2-4-12-24/h5-10,13H,1-4,11-12H2,(H,22,23,25). The number of rotatable bonds is 4. The molecule has 1 fully saturated rings. The molecule has 0 spiro atoms. The van der Waals surface area contributed by atoms with Gasteiger partial charge in [0.2, 0.25) is 10.0 Å². The minimum absolute atomic E-state index is 0.186. The van der Waals surface area contributed by atoms with Crippen molar-refractivity contribution >= 4 is 42.6 Å². The molecule has 0 aliphatic carbocycles. The first kappa shape index (κ1) is 19.9. The molecule has 1 amide bonds. The number of aromatic nitrogens is 1. The summed E-state index contributed by atoms with van der Waals surface area (Å²) < 4.78 is 41.1. The third kappa shape index (κ3) is 4.31. The van der Waals surface area contributed by atoms with E-state index < -0.39 is 15.9 Å². The van der Waals surface area contributed by atoms with E-state index in [9.17, 15) is 17.6 Å². The van der Waals surface area contributed by atoms with Crippen molar-refractivity contribution in [2.24, 2.45) is 0 Å². The number of halogens is 1. The molecular weight excluding hydrogens is 413 g/mol. The van der Waals surface area contributed by atoms with Crippen LogP contribution in [0.4, 0.5) is 9.52 Å². The molecule has 6 nitrogen and oxygen atoms in total. The maximum Gasteiger partial charge on any atom is 0.257 e. The first-order valence-electron chi connectivity index (χ1n) is 9.41. The largest absolute Gasteiger partial charge is 0.298 e. The summed E-state index contributed by atoms with van der Waals surface area (Å²) >= 11 is 1.18. The number of fused-ring (bicyclic) bond motifs is 1. The highest BCUT2D eigenvalue weighted by molar-refractivity contribution is 7.89. The molecule has 3 aromatic rings. The van der Waals surface area contributed by atoms with E-state index in [1.54, 1.807) is 6.07 Å². The molecule has 2 aromatic carbocycles. The van der Waals surface area contributed by atoms with Crippen LogP contribution in [0.25, 0.3) is 10.2 Å². The zero-order chi connectivity index (χ0) is 20.4. The van der Waals surface area contributed by atoms with Crippen molar-refractivity contribution in [1.82, 2.24) is 9.29 Å². The van der Waals surface area contributed by atoms with Gasteiger partial charge in [0.1, 0.15) is 5.82 Å². The number of thiazole rings is 1. The van der Waals surface area contributed by atoms with E-state index in [0.717, 1.165) is 25.7 Å². The Kier molecular flexibility index (Phi) is 5.62. The van der Waals surface area contributed by atoms with Crippen LogP contribution in [0.15, 0.2) is 47.4 Å². The Morgan fingerprint density at radius 2 is 1.72 bits per heavy atom. The van der Waals surface area contributed by atoms with Gasteiger partial charge in [-0.25, -0.2) is 17.8 Å². The lowest BCUT2D eigenvalue weighted by molar-refractivity contribution is 0.102. The molecule has 0 saturated carbocycles. The normalized spacial score (nSPS) is 15.9. The van der Waals surface area contributed by atoms with Gasteiger partial charge in [0.15, 0.2) is 5.13 Å². The summed E-state index contributed by atoms with van der Waals surface area (Å²) in [7, 11) is -3.55. The van der Waals surface area contributed by atoms with E-state index in [-0.39, 0.29) is 10.7 Å². The zero-order valence-electron chi connectivity index (χ0n) is 15.6. The van der Waals surface area contributed by atoms with Crippen LogP contribution in [-0.4, -0.2) is 36.7 Å². The van der Waals surface area contributed by atoms with Crippen molar-refractivity contribution in [3.63, 3.8) is 0 Å². The summed E-state index contributed by atoms with van der Waals surface area (Å²) in [5, 5.41) is 3.04. The van der Waals surface area contributed by atoms with E-state index in [2.05, 4.69) is 10.3 Å². The van der Waals surface area contributed by atoms with Gasteiger partial charge < -0.3 is 0 Å². The Bertz CT molecular complexity index is 1140. The van der Waals surface area contributed by atoms with Gasteiger partial charge in [-0.2, -0.15) is 4.31 Å². The molecule has 1 saturated heterocycles. The van der Waals surface area contributed by atoms with Crippen molar-refractivity contribution in [3.8, 4) is 0 Å². The highest BCUT2D eigenvalue weighted by Gasteiger charge is 2.25. The fourth-order valence-corrected chi connectivity index (χ4v) is 5.73. The van der Waals surface area contributed by atoms with E-state index in [1.807, 2.05) is 0 Å². The van der Waals surface area contributed by atoms with E-state index in [4.69, 9.17) is 0 Å². The van der Waals surface area contributed by atoms with Crippen molar-refractivity contribution < 1.29 is 17.6 Å². The SMILES string of the molecule is O=C(Nc1nc2ccc(F)cc2s1)c1ccc(S(=O)(=O)N2CCCCCC2)cc1. The molecule has 0 atom stereocenters. The summed E-state index contributed by atoms with van der Waals surface area (Å²) in [4.78, 5) is 16.9. The van der Waals surface area contributed by atoms with Crippen molar-refractivity contribution in [2.75, 3.05) is 18.4 Å². The van der Waals surface area contributed by atoms with Crippen molar-refractivity contribution in [3.05, 3.63) is 53.8 Å². The van der Waals surface area contributed by atoms with Crippen LogP contribution in [0, 0.1) is 5.82 Å². The lowest BCUT2D eigenvalue weighted by Gasteiger charge is -2.20. The molecule has 1 aromatic heterocycles. The minimum Gasteiger partial charge on any atom is -0.298 e. The minimum atomic E-state index is -3.55. The van der Waals surface area contributed by atoms with Gasteiger partial charge in [-0.1, -0.05) is 24.2 Å². The average molecular weight is 434 g/mol. The molecule has 9 heteroatoms. The monoisotopic (exact) mass is 433 g/mol. The second-order valence-electron chi connectivity index (χ2n) is 6.93. The second kappa shape index (κ2) is 8.17. The number of hydrogen-bond acceptors (Lipinski definition) is 5. The topological polar surface area (TPSA) is 79.4 Å². The van der Waals surface area contributed by atoms with Crippen LogP contribution in [0.5, 0.6) is 0 Å².